The summed E-state index contributed by atoms with van der Waals surface area (Å²) in [5, 5.41) is 17.3. The molecule has 0 atom stereocenters. The molecule has 0 unspecified atom stereocenters. The minimum Gasteiger partial charge on any atom is -0.477 e. The molecule has 0 bridgehead atoms. The van der Waals surface area contributed by atoms with Gasteiger partial charge in [0.15, 0.2) is 6.54 Å². The van der Waals surface area contributed by atoms with E-state index in [0.717, 1.165) is 12.8 Å². The number of rotatable bonds is 2. The van der Waals surface area contributed by atoms with Gasteiger partial charge >= 0.3 is 12.1 Å². The quantitative estimate of drug-likeness (QED) is 0.593. The van der Waals surface area contributed by atoms with E-state index < -0.39 is 12.1 Å². The van der Waals surface area contributed by atoms with E-state index in [-0.39, 0.29) is 11.0 Å². The van der Waals surface area contributed by atoms with E-state index >= 15 is 0 Å². The smallest absolute Gasteiger partial charge is 0.477 e. The van der Waals surface area contributed by atoms with Crippen LogP contribution in [0, 0.1) is 0 Å². The molecule has 0 aromatic carbocycles. The standard InChI is InChI=1S/C7H11NO4/c9-6(10)5-8(7(11)12)3-1-2-4-8/h1-5H2,(H-,9,10,11,12)/p+1. The van der Waals surface area contributed by atoms with Crippen LogP contribution in [0.5, 0.6) is 0 Å². The Kier molecular flexibility index (Phi) is 2.32. The molecule has 0 saturated carbocycles. The number of carbonyl (C=O) groups is 2. The van der Waals surface area contributed by atoms with Gasteiger partial charge in [0.1, 0.15) is 0 Å². The van der Waals surface area contributed by atoms with Crippen molar-refractivity contribution in [3.63, 3.8) is 0 Å². The minimum absolute atomic E-state index is 0.296. The summed E-state index contributed by atoms with van der Waals surface area (Å²) < 4.78 is -0.296. The molecule has 12 heavy (non-hydrogen) atoms. The molecule has 1 aliphatic heterocycles. The van der Waals surface area contributed by atoms with Gasteiger partial charge in [0.05, 0.1) is 13.1 Å². The van der Waals surface area contributed by atoms with Crippen LogP contribution in [0.3, 0.4) is 0 Å². The van der Waals surface area contributed by atoms with Gasteiger partial charge in [-0.25, -0.2) is 9.28 Å². The molecule has 0 aliphatic carbocycles. The van der Waals surface area contributed by atoms with Crippen LogP contribution < -0.4 is 0 Å². The van der Waals surface area contributed by atoms with Crippen molar-refractivity contribution >= 4 is 12.1 Å². The number of carboxylic acid groups (broad SMARTS) is 2. The lowest BCUT2D eigenvalue weighted by Crippen LogP contribution is -2.52. The molecule has 1 rings (SSSR count). The second-order valence-electron chi connectivity index (χ2n) is 3.13. The van der Waals surface area contributed by atoms with Crippen LogP contribution in [0.1, 0.15) is 12.8 Å². The SMILES string of the molecule is O=C(O)C[N+]1(C(=O)O)CCCC1. The molecule has 1 aliphatic rings. The third kappa shape index (κ3) is 1.55. The summed E-state index contributed by atoms with van der Waals surface area (Å²) in [6.45, 7) is 0.596. The first-order valence-corrected chi connectivity index (χ1v) is 3.88. The number of nitrogens with zero attached hydrogens (tertiary/aromatic N) is 1. The summed E-state index contributed by atoms with van der Waals surface area (Å²) in [6.07, 6.45) is 0.592. The van der Waals surface area contributed by atoms with Crippen molar-refractivity contribution in [1.82, 2.24) is 0 Å². The minimum atomic E-state index is -1.04. The van der Waals surface area contributed by atoms with E-state index in [0.29, 0.717) is 13.1 Å². The Bertz CT molecular complexity index is 207. The Morgan fingerprint density at radius 3 is 2.00 bits per heavy atom. The third-order valence-electron chi connectivity index (χ3n) is 2.27. The first-order valence-electron chi connectivity index (χ1n) is 3.88. The van der Waals surface area contributed by atoms with Crippen molar-refractivity contribution in [2.75, 3.05) is 19.6 Å². The van der Waals surface area contributed by atoms with Crippen LogP contribution in [-0.2, 0) is 4.79 Å². The molecule has 0 radical (unpaired) electrons. The molecule has 1 heterocycles. The molecule has 0 aromatic rings. The molecule has 2 N–H and O–H groups in total. The Hall–Kier alpha value is -1.10. The molecule has 1 amide bonds. The van der Waals surface area contributed by atoms with Gasteiger partial charge in [-0.1, -0.05) is 0 Å². The topological polar surface area (TPSA) is 74.6 Å². The van der Waals surface area contributed by atoms with Crippen molar-refractivity contribution in [2.24, 2.45) is 0 Å². The molecule has 5 heteroatoms. The molecular formula is C7H12NO4+. The van der Waals surface area contributed by atoms with Crippen molar-refractivity contribution in [1.29, 1.82) is 0 Å². The third-order valence-corrected chi connectivity index (χ3v) is 2.27. The first kappa shape index (κ1) is 8.99. The van der Waals surface area contributed by atoms with E-state index in [2.05, 4.69) is 0 Å². The fourth-order valence-corrected chi connectivity index (χ4v) is 1.62. The van der Waals surface area contributed by atoms with Crippen LogP contribution >= 0.6 is 0 Å². The maximum absolute atomic E-state index is 10.8. The average molecular weight is 174 g/mol. The normalized spacial score (nSPS) is 20.7. The highest BCUT2D eigenvalue weighted by Gasteiger charge is 2.42. The van der Waals surface area contributed by atoms with Gasteiger partial charge in [-0.15, -0.1) is 0 Å². The molecular weight excluding hydrogens is 162 g/mol. The van der Waals surface area contributed by atoms with Gasteiger partial charge in [-0.2, -0.15) is 4.79 Å². The van der Waals surface area contributed by atoms with Crippen molar-refractivity contribution in [3.8, 4) is 0 Å². The second kappa shape index (κ2) is 3.10. The van der Waals surface area contributed by atoms with E-state index in [9.17, 15) is 9.59 Å². The summed E-state index contributed by atoms with van der Waals surface area (Å²) in [6, 6.07) is 0. The lowest BCUT2D eigenvalue weighted by atomic mass is 10.4. The van der Waals surface area contributed by atoms with Gasteiger partial charge in [-0.3, -0.25) is 0 Å². The summed E-state index contributed by atoms with van der Waals surface area (Å²) in [5.41, 5.74) is 0. The van der Waals surface area contributed by atoms with Gasteiger partial charge in [-0.05, 0) is 0 Å². The zero-order valence-electron chi connectivity index (χ0n) is 6.69. The highest BCUT2D eigenvalue weighted by Crippen LogP contribution is 2.19. The highest BCUT2D eigenvalue weighted by molar-refractivity contribution is 5.71. The number of amides is 1. The largest absolute Gasteiger partial charge is 0.514 e. The first-order chi connectivity index (χ1) is 5.57. The van der Waals surface area contributed by atoms with Crippen molar-refractivity contribution in [2.45, 2.75) is 12.8 Å². The summed E-state index contributed by atoms with van der Waals surface area (Å²) >= 11 is 0. The Labute approximate surface area is 69.8 Å². The average Bonchev–Trinajstić information content (AvgIpc) is 2.35. The van der Waals surface area contributed by atoms with Crippen LogP contribution in [0.4, 0.5) is 4.79 Å². The molecule has 1 saturated heterocycles. The molecule has 5 nitrogen and oxygen atoms in total. The predicted octanol–water partition coefficient (Wildman–Crippen LogP) is 0.360. The number of hydrogen-bond donors (Lipinski definition) is 2. The predicted molar refractivity (Wildman–Crippen MR) is 39.8 cm³/mol. The number of likely N-dealkylation sites (tertiary alicyclic amines) is 1. The second-order valence-corrected chi connectivity index (χ2v) is 3.13. The highest BCUT2D eigenvalue weighted by atomic mass is 16.4. The van der Waals surface area contributed by atoms with Crippen LogP contribution in [0.15, 0.2) is 0 Å². The summed E-state index contributed by atoms with van der Waals surface area (Å²) in [4.78, 5) is 21.2. The number of hydrogen-bond acceptors (Lipinski definition) is 2. The summed E-state index contributed by atoms with van der Waals surface area (Å²) in [5.74, 6) is -1.04. The monoisotopic (exact) mass is 174 g/mol. The van der Waals surface area contributed by atoms with Crippen molar-refractivity contribution in [3.05, 3.63) is 0 Å². The molecule has 1 fully saturated rings. The zero-order valence-corrected chi connectivity index (χ0v) is 6.69. The molecule has 0 spiro atoms. The van der Waals surface area contributed by atoms with Gasteiger partial charge in [0.2, 0.25) is 0 Å². The van der Waals surface area contributed by atoms with E-state index in [4.69, 9.17) is 10.2 Å². The van der Waals surface area contributed by atoms with E-state index in [1.807, 2.05) is 0 Å². The molecule has 68 valence electrons. The van der Waals surface area contributed by atoms with Crippen LogP contribution in [0.25, 0.3) is 0 Å². The number of aliphatic carboxylic acids is 1. The van der Waals surface area contributed by atoms with Crippen LogP contribution in [-0.4, -0.2) is 46.4 Å². The van der Waals surface area contributed by atoms with Crippen LogP contribution in [0.2, 0.25) is 0 Å². The summed E-state index contributed by atoms with van der Waals surface area (Å²) in [7, 11) is 0. The molecule has 0 aromatic heterocycles. The number of quaternary nitrogens is 1. The lowest BCUT2D eigenvalue weighted by molar-refractivity contribution is -0.837. The Balaban J connectivity index is 2.72. The van der Waals surface area contributed by atoms with E-state index in [1.54, 1.807) is 0 Å². The zero-order chi connectivity index (χ0) is 9.19. The van der Waals surface area contributed by atoms with Gasteiger partial charge in [0.25, 0.3) is 0 Å². The fourth-order valence-electron chi connectivity index (χ4n) is 1.62. The lowest BCUT2D eigenvalue weighted by Gasteiger charge is -2.24. The Morgan fingerprint density at radius 1 is 1.17 bits per heavy atom. The maximum Gasteiger partial charge on any atom is 0.514 e. The fraction of sp³-hybridized carbons (Fsp3) is 0.714. The number of carboxylic acids is 1. The maximum atomic E-state index is 10.8. The van der Waals surface area contributed by atoms with Crippen molar-refractivity contribution < 1.29 is 24.3 Å². The van der Waals surface area contributed by atoms with Gasteiger partial charge < -0.3 is 10.2 Å². The van der Waals surface area contributed by atoms with E-state index in [1.165, 1.54) is 0 Å². The van der Waals surface area contributed by atoms with Gasteiger partial charge in [0, 0.05) is 12.8 Å². The Morgan fingerprint density at radius 2 is 1.67 bits per heavy atom.